The number of nitrogens with two attached hydrogens (primary N) is 1. The van der Waals surface area contributed by atoms with Gasteiger partial charge in [-0.15, -0.1) is 0 Å². The second-order valence-electron chi connectivity index (χ2n) is 5.56. The Bertz CT molecular complexity index is 699. The van der Waals surface area contributed by atoms with Crippen molar-refractivity contribution < 1.29 is 18.0 Å². The van der Waals surface area contributed by atoms with Crippen molar-refractivity contribution in [1.82, 2.24) is 19.0 Å². The normalized spacial score (nSPS) is 20.3. The van der Waals surface area contributed by atoms with E-state index in [1.54, 1.807) is 10.9 Å². The van der Waals surface area contributed by atoms with Crippen LogP contribution in [0.3, 0.4) is 0 Å². The smallest absolute Gasteiger partial charge is 0.257 e. The van der Waals surface area contributed by atoms with Gasteiger partial charge in [0.1, 0.15) is 0 Å². The average molecular weight is 343 g/mol. The molecule has 0 aliphatic carbocycles. The highest BCUT2D eigenvalue weighted by Gasteiger charge is 2.32. The summed E-state index contributed by atoms with van der Waals surface area (Å²) in [7, 11) is -3.46. The highest BCUT2D eigenvalue weighted by Crippen LogP contribution is 2.15. The summed E-state index contributed by atoms with van der Waals surface area (Å²) in [5, 5.41) is 4.05. The lowest BCUT2D eigenvalue weighted by Gasteiger charge is -2.21. The molecule has 0 radical (unpaired) electrons. The number of primary amides is 1. The molecule has 9 nitrogen and oxygen atoms in total. The van der Waals surface area contributed by atoms with E-state index in [2.05, 4.69) is 5.10 Å². The van der Waals surface area contributed by atoms with Gasteiger partial charge in [0.15, 0.2) is 0 Å². The van der Waals surface area contributed by atoms with Gasteiger partial charge in [-0.2, -0.15) is 9.40 Å². The van der Waals surface area contributed by atoms with Gasteiger partial charge in [-0.05, 0) is 6.92 Å². The van der Waals surface area contributed by atoms with Gasteiger partial charge in [0, 0.05) is 38.9 Å². The molecule has 2 rings (SSSR count). The van der Waals surface area contributed by atoms with E-state index >= 15 is 0 Å². The minimum atomic E-state index is -3.46. The van der Waals surface area contributed by atoms with Crippen LogP contribution in [0.25, 0.3) is 0 Å². The molecular formula is C13H21N5O4S. The SMILES string of the molecule is CCn1cc(C(=O)N2CCN(S(C)(=O)=O)C[C@@H](C(N)=O)C2)cn1. The second kappa shape index (κ2) is 6.67. The van der Waals surface area contributed by atoms with Gasteiger partial charge in [0.25, 0.3) is 5.91 Å². The Balaban J connectivity index is 2.22. The van der Waals surface area contributed by atoms with Gasteiger partial charge in [-0.25, -0.2) is 8.42 Å². The van der Waals surface area contributed by atoms with E-state index in [4.69, 9.17) is 5.73 Å². The quantitative estimate of drug-likeness (QED) is 0.730. The molecule has 0 aromatic carbocycles. The highest BCUT2D eigenvalue weighted by atomic mass is 32.2. The van der Waals surface area contributed by atoms with Crippen LogP contribution in [0.1, 0.15) is 17.3 Å². The van der Waals surface area contributed by atoms with Crippen LogP contribution in [0, 0.1) is 5.92 Å². The molecular weight excluding hydrogens is 322 g/mol. The first-order valence-corrected chi connectivity index (χ1v) is 9.13. The van der Waals surface area contributed by atoms with Crippen molar-refractivity contribution in [3.05, 3.63) is 18.0 Å². The van der Waals surface area contributed by atoms with Crippen LogP contribution in [0.2, 0.25) is 0 Å². The summed E-state index contributed by atoms with van der Waals surface area (Å²) in [6.07, 6.45) is 4.17. The molecule has 2 heterocycles. The Morgan fingerprint density at radius 1 is 1.35 bits per heavy atom. The second-order valence-corrected chi connectivity index (χ2v) is 7.54. The summed E-state index contributed by atoms with van der Waals surface area (Å²) >= 11 is 0. The van der Waals surface area contributed by atoms with Gasteiger partial charge in [0.2, 0.25) is 15.9 Å². The van der Waals surface area contributed by atoms with E-state index in [9.17, 15) is 18.0 Å². The van der Waals surface area contributed by atoms with Crippen molar-refractivity contribution in [3.8, 4) is 0 Å². The molecule has 1 aromatic heterocycles. The van der Waals surface area contributed by atoms with Crippen LogP contribution in [0.15, 0.2) is 12.4 Å². The van der Waals surface area contributed by atoms with E-state index < -0.39 is 21.8 Å². The molecule has 1 saturated heterocycles. The zero-order valence-electron chi connectivity index (χ0n) is 13.2. The molecule has 2 amide bonds. The molecule has 1 fully saturated rings. The minimum absolute atomic E-state index is 0.00777. The average Bonchev–Trinajstić information content (AvgIpc) is 2.82. The molecule has 0 bridgehead atoms. The monoisotopic (exact) mass is 343 g/mol. The van der Waals surface area contributed by atoms with Gasteiger partial charge in [-0.1, -0.05) is 0 Å². The summed E-state index contributed by atoms with van der Waals surface area (Å²) in [5.74, 6) is -1.65. The predicted octanol–water partition coefficient (Wildman–Crippen LogP) is -1.28. The molecule has 0 saturated carbocycles. The predicted molar refractivity (Wildman–Crippen MR) is 82.9 cm³/mol. The molecule has 1 aliphatic heterocycles. The van der Waals surface area contributed by atoms with Crippen molar-refractivity contribution in [1.29, 1.82) is 0 Å². The lowest BCUT2D eigenvalue weighted by Crippen LogP contribution is -2.41. The van der Waals surface area contributed by atoms with Crippen molar-refractivity contribution in [2.24, 2.45) is 11.7 Å². The Morgan fingerprint density at radius 2 is 2.04 bits per heavy atom. The van der Waals surface area contributed by atoms with E-state index in [0.29, 0.717) is 12.1 Å². The minimum Gasteiger partial charge on any atom is -0.369 e. The first-order chi connectivity index (χ1) is 10.7. The van der Waals surface area contributed by atoms with Crippen molar-refractivity contribution in [2.75, 3.05) is 32.4 Å². The van der Waals surface area contributed by atoms with Crippen LogP contribution in [0.5, 0.6) is 0 Å². The molecule has 128 valence electrons. The molecule has 0 unspecified atom stereocenters. The molecule has 1 atom stereocenters. The van der Waals surface area contributed by atoms with E-state index in [0.717, 1.165) is 6.26 Å². The molecule has 2 N–H and O–H groups in total. The summed E-state index contributed by atoms with van der Waals surface area (Å²) in [4.78, 5) is 25.6. The zero-order chi connectivity index (χ0) is 17.2. The fraction of sp³-hybridized carbons (Fsp3) is 0.615. The third-order valence-electron chi connectivity index (χ3n) is 3.85. The summed E-state index contributed by atoms with van der Waals surface area (Å²) in [6.45, 7) is 2.96. The Labute approximate surface area is 135 Å². The largest absolute Gasteiger partial charge is 0.369 e. The van der Waals surface area contributed by atoms with Gasteiger partial charge in [-0.3, -0.25) is 14.3 Å². The number of rotatable bonds is 4. The number of aryl methyl sites for hydroxylation is 1. The molecule has 1 aliphatic rings. The zero-order valence-corrected chi connectivity index (χ0v) is 14.0. The highest BCUT2D eigenvalue weighted by molar-refractivity contribution is 7.88. The number of carbonyl (C=O) groups is 2. The number of sulfonamides is 1. The van der Waals surface area contributed by atoms with E-state index in [1.807, 2.05) is 6.92 Å². The fourth-order valence-corrected chi connectivity index (χ4v) is 3.34. The molecule has 1 aromatic rings. The maximum Gasteiger partial charge on any atom is 0.257 e. The maximum absolute atomic E-state index is 12.6. The van der Waals surface area contributed by atoms with Crippen LogP contribution < -0.4 is 5.73 Å². The summed E-state index contributed by atoms with van der Waals surface area (Å²) in [5.41, 5.74) is 5.76. The Kier molecular flexibility index (Phi) is 5.05. The van der Waals surface area contributed by atoms with Crippen LogP contribution in [-0.2, 0) is 21.4 Å². The number of hydrogen-bond acceptors (Lipinski definition) is 5. The number of carbonyl (C=O) groups excluding carboxylic acids is 2. The maximum atomic E-state index is 12.6. The molecule has 23 heavy (non-hydrogen) atoms. The molecule has 0 spiro atoms. The van der Waals surface area contributed by atoms with Crippen molar-refractivity contribution in [3.63, 3.8) is 0 Å². The van der Waals surface area contributed by atoms with Gasteiger partial charge in [0.05, 0.1) is 23.9 Å². The van der Waals surface area contributed by atoms with Gasteiger partial charge < -0.3 is 10.6 Å². The number of nitrogens with zero attached hydrogens (tertiary/aromatic N) is 4. The Morgan fingerprint density at radius 3 is 2.57 bits per heavy atom. The fourth-order valence-electron chi connectivity index (χ4n) is 2.48. The third kappa shape index (κ3) is 4.08. The Hall–Kier alpha value is -1.94. The number of aromatic nitrogens is 2. The molecule has 10 heteroatoms. The number of hydrogen-bond donors (Lipinski definition) is 1. The van der Waals surface area contributed by atoms with Crippen molar-refractivity contribution in [2.45, 2.75) is 13.5 Å². The van der Waals surface area contributed by atoms with Crippen LogP contribution in [-0.4, -0.2) is 71.7 Å². The summed E-state index contributed by atoms with van der Waals surface area (Å²) in [6, 6.07) is 0. The van der Waals surface area contributed by atoms with Crippen LogP contribution >= 0.6 is 0 Å². The third-order valence-corrected chi connectivity index (χ3v) is 5.12. The van der Waals surface area contributed by atoms with Gasteiger partial charge >= 0.3 is 0 Å². The van der Waals surface area contributed by atoms with E-state index in [1.165, 1.54) is 15.4 Å². The first-order valence-electron chi connectivity index (χ1n) is 7.28. The lowest BCUT2D eigenvalue weighted by atomic mass is 10.1. The first kappa shape index (κ1) is 17.4. The summed E-state index contributed by atoms with van der Waals surface area (Å²) < 4.78 is 26.3. The van der Waals surface area contributed by atoms with Crippen LogP contribution in [0.4, 0.5) is 0 Å². The standard InChI is InChI=1S/C13H21N5O4S/c1-3-17-8-10(6-15-17)13(20)16-4-5-18(23(2,21)22)9-11(7-16)12(14)19/h6,8,11H,3-5,7,9H2,1-2H3,(H2,14,19)/t11-/m0/s1. The van der Waals surface area contributed by atoms with Crippen molar-refractivity contribution >= 4 is 21.8 Å². The lowest BCUT2D eigenvalue weighted by molar-refractivity contribution is -0.122. The number of amides is 2. The topological polar surface area (TPSA) is 119 Å². The van der Waals surface area contributed by atoms with E-state index in [-0.39, 0.29) is 32.1 Å².